The van der Waals surface area contributed by atoms with Gasteiger partial charge in [0, 0.05) is 12.1 Å². The lowest BCUT2D eigenvalue weighted by Crippen LogP contribution is -2.33. The van der Waals surface area contributed by atoms with E-state index in [0.717, 1.165) is 0 Å². The van der Waals surface area contributed by atoms with Crippen molar-refractivity contribution in [1.82, 2.24) is 0 Å². The molecule has 0 heterocycles. The molecule has 0 radical (unpaired) electrons. The molecule has 0 aliphatic rings. The highest BCUT2D eigenvalue weighted by molar-refractivity contribution is 5.74. The molecule has 1 aromatic carbocycles. The lowest BCUT2D eigenvalue weighted by atomic mass is 9.89. The zero-order valence-corrected chi connectivity index (χ0v) is 11.6. The summed E-state index contributed by atoms with van der Waals surface area (Å²) in [5.41, 5.74) is -1.32. The van der Waals surface area contributed by atoms with E-state index in [9.17, 15) is 19.7 Å². The Balaban J connectivity index is 2.58. The highest BCUT2D eigenvalue weighted by Crippen LogP contribution is 2.22. The quantitative estimate of drug-likeness (QED) is 0.371. The van der Waals surface area contributed by atoms with Crippen molar-refractivity contribution >= 4 is 17.8 Å². The van der Waals surface area contributed by atoms with E-state index < -0.39 is 22.5 Å². The minimum atomic E-state index is -1.19. The van der Waals surface area contributed by atoms with Crippen LogP contribution in [0.3, 0.4) is 0 Å². The van der Waals surface area contributed by atoms with Crippen LogP contribution in [0.15, 0.2) is 24.3 Å². The lowest BCUT2D eigenvalue weighted by Gasteiger charge is -2.21. The van der Waals surface area contributed by atoms with E-state index in [1.165, 1.54) is 31.2 Å². The summed E-state index contributed by atoms with van der Waals surface area (Å²) in [5, 5.41) is 19.5. The topological polar surface area (TPSA) is 116 Å². The molecule has 1 unspecified atom stereocenters. The maximum absolute atomic E-state index is 11.4. The van der Waals surface area contributed by atoms with E-state index in [0.29, 0.717) is 0 Å². The summed E-state index contributed by atoms with van der Waals surface area (Å²) >= 11 is 0. The molecule has 0 bridgehead atoms. The second-order valence-corrected chi connectivity index (χ2v) is 4.61. The summed E-state index contributed by atoms with van der Waals surface area (Å²) in [6, 6.07) is 4.84. The minimum absolute atomic E-state index is 0.0686. The number of nitro benzene ring substituents is 1. The van der Waals surface area contributed by atoms with Crippen molar-refractivity contribution in [3.05, 3.63) is 34.4 Å². The smallest absolute Gasteiger partial charge is 0.481 e. The molecule has 1 rings (SSSR count). The standard InChI is InChI=1S/C13H15NO7/c1-3-13(2,11(15)16)8-20-12(17)21-10-6-4-9(5-7-10)14(18)19/h4-7H,3,8H2,1-2H3,(H,15,16). The molecule has 0 saturated carbocycles. The third-order valence-corrected chi connectivity index (χ3v) is 3.05. The van der Waals surface area contributed by atoms with E-state index >= 15 is 0 Å². The Morgan fingerprint density at radius 3 is 2.33 bits per heavy atom. The summed E-state index contributed by atoms with van der Waals surface area (Å²) in [6.07, 6.45) is -0.780. The van der Waals surface area contributed by atoms with Crippen LogP contribution in [0.4, 0.5) is 10.5 Å². The second-order valence-electron chi connectivity index (χ2n) is 4.61. The molecule has 0 amide bonds. The van der Waals surface area contributed by atoms with Crippen LogP contribution in [-0.2, 0) is 9.53 Å². The Morgan fingerprint density at radius 2 is 1.90 bits per heavy atom. The van der Waals surface area contributed by atoms with Crippen LogP contribution < -0.4 is 4.74 Å². The maximum Gasteiger partial charge on any atom is 0.513 e. The zero-order valence-electron chi connectivity index (χ0n) is 11.6. The molecule has 114 valence electrons. The number of aliphatic carboxylic acids is 1. The Morgan fingerprint density at radius 1 is 1.33 bits per heavy atom. The van der Waals surface area contributed by atoms with Gasteiger partial charge in [-0.15, -0.1) is 0 Å². The van der Waals surface area contributed by atoms with E-state index in [-0.39, 0.29) is 24.5 Å². The molecular formula is C13H15NO7. The van der Waals surface area contributed by atoms with Gasteiger partial charge in [0.05, 0.1) is 10.3 Å². The van der Waals surface area contributed by atoms with Gasteiger partial charge in [0.15, 0.2) is 0 Å². The first-order valence-corrected chi connectivity index (χ1v) is 6.11. The average Bonchev–Trinajstić information content (AvgIpc) is 2.45. The van der Waals surface area contributed by atoms with Crippen molar-refractivity contribution in [1.29, 1.82) is 0 Å². The highest BCUT2D eigenvalue weighted by Gasteiger charge is 2.33. The van der Waals surface area contributed by atoms with E-state index in [4.69, 9.17) is 14.6 Å². The van der Waals surface area contributed by atoms with E-state index in [2.05, 4.69) is 0 Å². The highest BCUT2D eigenvalue weighted by atomic mass is 16.7. The van der Waals surface area contributed by atoms with Crippen molar-refractivity contribution in [2.24, 2.45) is 5.41 Å². The van der Waals surface area contributed by atoms with Crippen molar-refractivity contribution in [3.8, 4) is 5.75 Å². The van der Waals surface area contributed by atoms with E-state index in [1.54, 1.807) is 6.92 Å². The summed E-state index contributed by atoms with van der Waals surface area (Å²) in [4.78, 5) is 32.4. The van der Waals surface area contributed by atoms with Gasteiger partial charge in [-0.1, -0.05) is 6.92 Å². The third-order valence-electron chi connectivity index (χ3n) is 3.05. The SMILES string of the molecule is CCC(C)(COC(=O)Oc1ccc([N+](=O)[O-])cc1)C(=O)O. The Kier molecular flexibility index (Phi) is 5.23. The summed E-state index contributed by atoms with van der Waals surface area (Å²) in [6.45, 7) is 2.79. The van der Waals surface area contributed by atoms with Crippen molar-refractivity contribution < 1.29 is 29.1 Å². The molecule has 21 heavy (non-hydrogen) atoms. The number of nitro groups is 1. The molecule has 0 aromatic heterocycles. The molecule has 0 fully saturated rings. The number of hydrogen-bond donors (Lipinski definition) is 1. The van der Waals surface area contributed by atoms with Crippen molar-refractivity contribution in [3.63, 3.8) is 0 Å². The van der Waals surface area contributed by atoms with Gasteiger partial charge in [-0.05, 0) is 25.5 Å². The fourth-order valence-electron chi connectivity index (χ4n) is 1.29. The average molecular weight is 297 g/mol. The normalized spacial score (nSPS) is 13.0. The van der Waals surface area contributed by atoms with Crippen LogP contribution >= 0.6 is 0 Å². The Bertz CT molecular complexity index is 540. The second kappa shape index (κ2) is 6.69. The number of carboxylic acids is 1. The molecular weight excluding hydrogens is 282 g/mol. The summed E-state index contributed by atoms with van der Waals surface area (Å²) in [5.74, 6) is -1.01. The van der Waals surface area contributed by atoms with Crippen LogP contribution in [0.25, 0.3) is 0 Å². The van der Waals surface area contributed by atoms with Gasteiger partial charge >= 0.3 is 12.1 Å². The molecule has 0 spiro atoms. The molecule has 0 aliphatic heterocycles. The first kappa shape index (κ1) is 16.4. The van der Waals surface area contributed by atoms with Gasteiger partial charge in [0.2, 0.25) is 0 Å². The Labute approximate surface area is 120 Å². The van der Waals surface area contributed by atoms with Crippen LogP contribution in [0, 0.1) is 15.5 Å². The molecule has 0 aliphatic carbocycles. The van der Waals surface area contributed by atoms with Crippen molar-refractivity contribution in [2.45, 2.75) is 20.3 Å². The van der Waals surface area contributed by atoms with E-state index in [1.807, 2.05) is 0 Å². The van der Waals surface area contributed by atoms with Crippen LogP contribution in [0.1, 0.15) is 20.3 Å². The van der Waals surface area contributed by atoms with Crippen LogP contribution in [-0.4, -0.2) is 28.8 Å². The number of ether oxygens (including phenoxy) is 2. The molecule has 1 atom stereocenters. The maximum atomic E-state index is 11.4. The predicted molar refractivity (Wildman–Crippen MR) is 71.1 cm³/mol. The van der Waals surface area contributed by atoms with Gasteiger partial charge in [-0.2, -0.15) is 0 Å². The fourth-order valence-corrected chi connectivity index (χ4v) is 1.29. The predicted octanol–water partition coefficient (Wildman–Crippen LogP) is 2.61. The number of nitrogens with zero attached hydrogens (tertiary/aromatic N) is 1. The molecule has 0 saturated heterocycles. The number of non-ortho nitro benzene ring substituents is 1. The fraction of sp³-hybridized carbons (Fsp3) is 0.385. The van der Waals surface area contributed by atoms with Gasteiger partial charge in [0.25, 0.3) is 5.69 Å². The lowest BCUT2D eigenvalue weighted by molar-refractivity contribution is -0.384. The van der Waals surface area contributed by atoms with Gasteiger partial charge in [-0.3, -0.25) is 14.9 Å². The number of benzene rings is 1. The number of rotatable bonds is 6. The number of carbonyl (C=O) groups is 2. The first-order valence-electron chi connectivity index (χ1n) is 6.11. The minimum Gasteiger partial charge on any atom is -0.481 e. The number of hydrogen-bond acceptors (Lipinski definition) is 6. The largest absolute Gasteiger partial charge is 0.513 e. The molecule has 8 nitrogen and oxygen atoms in total. The van der Waals surface area contributed by atoms with Gasteiger partial charge in [0.1, 0.15) is 12.4 Å². The molecule has 1 aromatic rings. The monoisotopic (exact) mass is 297 g/mol. The molecule has 8 heteroatoms. The third kappa shape index (κ3) is 4.44. The summed E-state index contributed by atoms with van der Waals surface area (Å²) < 4.78 is 9.56. The zero-order chi connectivity index (χ0) is 16.0. The Hall–Kier alpha value is -2.64. The van der Waals surface area contributed by atoms with Crippen molar-refractivity contribution in [2.75, 3.05) is 6.61 Å². The van der Waals surface area contributed by atoms with Gasteiger partial charge in [-0.25, -0.2) is 4.79 Å². The summed E-state index contributed by atoms with van der Waals surface area (Å²) in [7, 11) is 0. The first-order chi connectivity index (χ1) is 9.78. The van der Waals surface area contributed by atoms with Crippen LogP contribution in [0.2, 0.25) is 0 Å². The molecule has 1 N–H and O–H groups in total. The number of carboxylic acid groups (broad SMARTS) is 1. The van der Waals surface area contributed by atoms with Gasteiger partial charge < -0.3 is 14.6 Å². The number of carbonyl (C=O) groups excluding carboxylic acids is 1. The van der Waals surface area contributed by atoms with Crippen LogP contribution in [0.5, 0.6) is 5.75 Å².